The molecule has 136 valence electrons. The zero-order chi connectivity index (χ0) is 18.5. The Morgan fingerprint density at radius 3 is 1.54 bits per heavy atom. The number of carbonyl (C=O) groups excluding carboxylic acids is 2. The van der Waals surface area contributed by atoms with Crippen LogP contribution in [0.4, 0.5) is 0 Å². The van der Waals surface area contributed by atoms with Gasteiger partial charge in [0.25, 0.3) is 0 Å². The van der Waals surface area contributed by atoms with Crippen molar-refractivity contribution in [2.24, 2.45) is 0 Å². The summed E-state index contributed by atoms with van der Waals surface area (Å²) in [4.78, 5) is 21.1. The predicted molar refractivity (Wildman–Crippen MR) is 99.8 cm³/mol. The van der Waals surface area contributed by atoms with Crippen LogP contribution in [0.25, 0.3) is 0 Å². The number of fused-ring (bicyclic) bond motifs is 2. The standard InChI is InChI=1S/2C11H12O2/c2*1-13-11-5-3-9-6-8(7-12)2-4-10(9)11/h2*2,4,6-7,11H,3,5H2,1H3. The van der Waals surface area contributed by atoms with Gasteiger partial charge in [0.05, 0.1) is 12.2 Å². The molecule has 2 aromatic rings. The quantitative estimate of drug-likeness (QED) is 0.771. The van der Waals surface area contributed by atoms with Gasteiger partial charge < -0.3 is 9.47 Å². The first-order chi connectivity index (χ1) is 12.7. The van der Waals surface area contributed by atoms with Crippen molar-refractivity contribution in [2.45, 2.75) is 37.9 Å². The molecular formula is C22H24O4. The van der Waals surface area contributed by atoms with Gasteiger partial charge in [-0.1, -0.05) is 24.3 Å². The maximum atomic E-state index is 10.5. The fourth-order valence-corrected chi connectivity index (χ4v) is 3.83. The van der Waals surface area contributed by atoms with Gasteiger partial charge in [-0.05, 0) is 60.1 Å². The molecule has 0 spiro atoms. The number of ether oxygens (including phenoxy) is 2. The minimum absolute atomic E-state index is 0.232. The lowest BCUT2D eigenvalue weighted by Gasteiger charge is -2.08. The summed E-state index contributed by atoms with van der Waals surface area (Å²) in [6.07, 6.45) is 6.36. The number of hydrogen-bond donors (Lipinski definition) is 0. The molecule has 0 saturated heterocycles. The van der Waals surface area contributed by atoms with Crippen LogP contribution >= 0.6 is 0 Å². The second-order valence-corrected chi connectivity index (χ2v) is 6.68. The maximum Gasteiger partial charge on any atom is 0.150 e. The van der Waals surface area contributed by atoms with E-state index in [-0.39, 0.29) is 12.2 Å². The molecule has 0 aromatic heterocycles. The van der Waals surface area contributed by atoms with E-state index in [1.165, 1.54) is 22.3 Å². The molecule has 26 heavy (non-hydrogen) atoms. The Balaban J connectivity index is 0.000000151. The largest absolute Gasteiger partial charge is 0.377 e. The van der Waals surface area contributed by atoms with E-state index in [4.69, 9.17) is 9.47 Å². The van der Waals surface area contributed by atoms with Gasteiger partial charge in [-0.25, -0.2) is 0 Å². The zero-order valence-electron chi connectivity index (χ0n) is 15.2. The average Bonchev–Trinajstić information content (AvgIpc) is 3.30. The van der Waals surface area contributed by atoms with Gasteiger partial charge in [-0.15, -0.1) is 0 Å². The molecule has 0 heterocycles. The molecule has 0 saturated carbocycles. The van der Waals surface area contributed by atoms with Gasteiger partial charge in [-0.3, -0.25) is 9.59 Å². The van der Waals surface area contributed by atoms with Crippen molar-refractivity contribution in [2.75, 3.05) is 14.2 Å². The number of rotatable bonds is 4. The van der Waals surface area contributed by atoms with Crippen molar-refractivity contribution in [3.8, 4) is 0 Å². The van der Waals surface area contributed by atoms with E-state index in [2.05, 4.69) is 0 Å². The van der Waals surface area contributed by atoms with Crippen molar-refractivity contribution in [3.63, 3.8) is 0 Å². The molecule has 2 aliphatic rings. The zero-order valence-corrected chi connectivity index (χ0v) is 15.2. The first-order valence-corrected chi connectivity index (χ1v) is 8.91. The normalized spacial score (nSPS) is 19.9. The van der Waals surface area contributed by atoms with Crippen molar-refractivity contribution < 1.29 is 19.1 Å². The Morgan fingerprint density at radius 1 is 0.769 bits per heavy atom. The van der Waals surface area contributed by atoms with Crippen LogP contribution in [-0.2, 0) is 22.3 Å². The van der Waals surface area contributed by atoms with Crippen LogP contribution in [0.1, 0.15) is 68.0 Å². The fourth-order valence-electron chi connectivity index (χ4n) is 3.83. The van der Waals surface area contributed by atoms with E-state index in [9.17, 15) is 9.59 Å². The third-order valence-corrected chi connectivity index (χ3v) is 5.22. The molecule has 4 rings (SSSR count). The Labute approximate surface area is 154 Å². The highest BCUT2D eigenvalue weighted by Crippen LogP contribution is 2.34. The Hall–Kier alpha value is -2.30. The van der Waals surface area contributed by atoms with E-state index in [1.54, 1.807) is 14.2 Å². The summed E-state index contributed by atoms with van der Waals surface area (Å²) in [5.74, 6) is 0. The first-order valence-electron chi connectivity index (χ1n) is 8.91. The molecule has 2 unspecified atom stereocenters. The molecule has 0 fully saturated rings. The van der Waals surface area contributed by atoms with Gasteiger partial charge in [-0.2, -0.15) is 0 Å². The molecule has 0 radical (unpaired) electrons. The number of methoxy groups -OCH3 is 2. The number of benzene rings is 2. The van der Waals surface area contributed by atoms with E-state index < -0.39 is 0 Å². The highest BCUT2D eigenvalue weighted by atomic mass is 16.5. The Morgan fingerprint density at radius 2 is 1.19 bits per heavy atom. The number of carbonyl (C=O) groups is 2. The van der Waals surface area contributed by atoms with E-state index in [0.29, 0.717) is 0 Å². The molecule has 0 amide bonds. The van der Waals surface area contributed by atoms with E-state index in [1.807, 2.05) is 36.4 Å². The van der Waals surface area contributed by atoms with Crippen LogP contribution in [-0.4, -0.2) is 26.8 Å². The second-order valence-electron chi connectivity index (χ2n) is 6.68. The van der Waals surface area contributed by atoms with Gasteiger partial charge in [0.2, 0.25) is 0 Å². The number of aldehydes is 2. The molecule has 0 bridgehead atoms. The molecule has 2 aliphatic carbocycles. The molecule has 4 nitrogen and oxygen atoms in total. The fraction of sp³-hybridized carbons (Fsp3) is 0.364. The third-order valence-electron chi connectivity index (χ3n) is 5.22. The number of aryl methyl sites for hydroxylation is 2. The summed E-state index contributed by atoms with van der Waals surface area (Å²) in [6.45, 7) is 0. The molecule has 0 aliphatic heterocycles. The van der Waals surface area contributed by atoms with Gasteiger partial charge in [0.15, 0.2) is 0 Å². The SMILES string of the molecule is COC1CCc2cc(C=O)ccc21.COC1CCc2cc(C=O)ccc21. The summed E-state index contributed by atoms with van der Waals surface area (Å²) in [5.41, 5.74) is 6.53. The summed E-state index contributed by atoms with van der Waals surface area (Å²) in [5, 5.41) is 0. The van der Waals surface area contributed by atoms with Crippen LogP contribution in [0.3, 0.4) is 0 Å². The van der Waals surface area contributed by atoms with Gasteiger partial charge in [0, 0.05) is 25.3 Å². The van der Waals surface area contributed by atoms with E-state index in [0.717, 1.165) is 49.4 Å². The summed E-state index contributed by atoms with van der Waals surface area (Å²) < 4.78 is 10.6. The highest BCUT2D eigenvalue weighted by molar-refractivity contribution is 5.76. The summed E-state index contributed by atoms with van der Waals surface area (Å²) in [7, 11) is 3.46. The predicted octanol–water partition coefficient (Wildman–Crippen LogP) is 4.27. The third kappa shape index (κ3) is 3.76. The lowest BCUT2D eigenvalue weighted by Crippen LogP contribution is -1.95. The van der Waals surface area contributed by atoms with Crippen molar-refractivity contribution >= 4 is 12.6 Å². The number of hydrogen-bond acceptors (Lipinski definition) is 4. The smallest absolute Gasteiger partial charge is 0.150 e. The summed E-state index contributed by atoms with van der Waals surface area (Å²) >= 11 is 0. The van der Waals surface area contributed by atoms with Crippen molar-refractivity contribution in [1.29, 1.82) is 0 Å². The highest BCUT2D eigenvalue weighted by Gasteiger charge is 2.22. The molecule has 2 aromatic carbocycles. The van der Waals surface area contributed by atoms with Gasteiger partial charge in [0.1, 0.15) is 12.6 Å². The van der Waals surface area contributed by atoms with Crippen LogP contribution in [0, 0.1) is 0 Å². The van der Waals surface area contributed by atoms with Crippen molar-refractivity contribution in [1.82, 2.24) is 0 Å². The Bertz CT molecular complexity index is 729. The lowest BCUT2D eigenvalue weighted by molar-refractivity contribution is 0.105. The van der Waals surface area contributed by atoms with Crippen LogP contribution in [0.15, 0.2) is 36.4 Å². The molecule has 0 N–H and O–H groups in total. The molecule has 2 atom stereocenters. The minimum atomic E-state index is 0.232. The second kappa shape index (κ2) is 8.39. The minimum Gasteiger partial charge on any atom is -0.377 e. The molecule has 4 heteroatoms. The maximum absolute atomic E-state index is 10.5. The molecular weight excluding hydrogens is 328 g/mol. The van der Waals surface area contributed by atoms with Crippen LogP contribution in [0.2, 0.25) is 0 Å². The lowest BCUT2D eigenvalue weighted by atomic mass is 10.1. The van der Waals surface area contributed by atoms with E-state index >= 15 is 0 Å². The average molecular weight is 352 g/mol. The first kappa shape index (κ1) is 18.5. The topological polar surface area (TPSA) is 52.6 Å². The van der Waals surface area contributed by atoms with Crippen LogP contribution < -0.4 is 0 Å². The van der Waals surface area contributed by atoms with Gasteiger partial charge >= 0.3 is 0 Å². The Kier molecular flexibility index (Phi) is 5.96. The van der Waals surface area contributed by atoms with Crippen LogP contribution in [0.5, 0.6) is 0 Å². The monoisotopic (exact) mass is 352 g/mol. The van der Waals surface area contributed by atoms with Crippen molar-refractivity contribution in [3.05, 3.63) is 69.8 Å². The summed E-state index contributed by atoms with van der Waals surface area (Å²) in [6, 6.07) is 11.6.